The van der Waals surface area contributed by atoms with E-state index in [2.05, 4.69) is 12.2 Å². The lowest BCUT2D eigenvalue weighted by molar-refractivity contribution is -0.197. The first-order valence-corrected chi connectivity index (χ1v) is 13.2. The van der Waals surface area contributed by atoms with Crippen LogP contribution in [0.15, 0.2) is 36.0 Å². The second kappa shape index (κ2) is 13.7. The maximum Gasteiger partial charge on any atom is 0.305 e. The summed E-state index contributed by atoms with van der Waals surface area (Å²) in [6, 6.07) is -0.0464. The van der Waals surface area contributed by atoms with Crippen LogP contribution in [0.5, 0.6) is 0 Å². The summed E-state index contributed by atoms with van der Waals surface area (Å²) in [6.45, 7) is 10.0. The molecule has 2 aliphatic rings. The molecule has 0 aromatic carbocycles. The number of aliphatic hydroxyl groups excluding tert-OH is 1. The van der Waals surface area contributed by atoms with E-state index in [0.29, 0.717) is 12.3 Å². The predicted octanol–water partition coefficient (Wildman–Crippen LogP) is 3.35. The fourth-order valence-electron chi connectivity index (χ4n) is 4.60. The molecule has 0 aromatic heterocycles. The van der Waals surface area contributed by atoms with E-state index in [-0.39, 0.29) is 48.8 Å². The van der Waals surface area contributed by atoms with Crippen LogP contribution in [0.1, 0.15) is 60.3 Å². The Morgan fingerprint density at radius 1 is 1.22 bits per heavy atom. The molecule has 8 atom stereocenters. The van der Waals surface area contributed by atoms with Gasteiger partial charge < -0.3 is 30.1 Å². The SMILES string of the molecule is CC(/C=C/[C@H]1OC(CC(=O)O)CC(O)(CCl)C1O)=C\C[C@@H]1O[C@H](C)[C@H](NC(=O)/C=C\C(C)C)C[C@@H]1C. The van der Waals surface area contributed by atoms with Crippen LogP contribution in [0.2, 0.25) is 0 Å². The van der Waals surface area contributed by atoms with Crippen LogP contribution in [0.3, 0.4) is 0 Å². The van der Waals surface area contributed by atoms with E-state index in [0.717, 1.165) is 12.0 Å². The number of carbonyl (C=O) groups excluding carboxylic acids is 1. The van der Waals surface area contributed by atoms with Crippen LogP contribution >= 0.6 is 11.6 Å². The predicted molar refractivity (Wildman–Crippen MR) is 139 cm³/mol. The smallest absolute Gasteiger partial charge is 0.305 e. The molecule has 204 valence electrons. The number of rotatable bonds is 10. The fourth-order valence-corrected chi connectivity index (χ4v) is 4.87. The average molecular weight is 528 g/mol. The number of aliphatic hydroxyl groups is 2. The van der Waals surface area contributed by atoms with Gasteiger partial charge >= 0.3 is 5.97 Å². The lowest BCUT2D eigenvalue weighted by Crippen LogP contribution is -2.58. The van der Waals surface area contributed by atoms with E-state index in [9.17, 15) is 19.8 Å². The highest BCUT2D eigenvalue weighted by molar-refractivity contribution is 6.18. The first-order chi connectivity index (χ1) is 16.8. The number of alkyl halides is 1. The Morgan fingerprint density at radius 3 is 2.53 bits per heavy atom. The highest BCUT2D eigenvalue weighted by Crippen LogP contribution is 2.33. The summed E-state index contributed by atoms with van der Waals surface area (Å²) in [5.41, 5.74) is -0.705. The molecule has 3 unspecified atom stereocenters. The van der Waals surface area contributed by atoms with Gasteiger partial charge in [-0.25, -0.2) is 0 Å². The number of carboxylic acid groups (broad SMARTS) is 1. The largest absolute Gasteiger partial charge is 0.481 e. The number of carbonyl (C=O) groups is 2. The van der Waals surface area contributed by atoms with Crippen molar-refractivity contribution in [2.75, 3.05) is 5.88 Å². The van der Waals surface area contributed by atoms with Gasteiger partial charge in [-0.3, -0.25) is 9.59 Å². The molecule has 2 aliphatic heterocycles. The standard InChI is InChI=1S/C27H42ClNO7/c1-16(2)6-11-24(30)29-21-12-18(4)22(35-19(21)5)9-7-17(3)8-10-23-26(33)27(34,15-28)14-20(36-23)13-25(31)32/h6-8,10-11,16,18-23,26,33-34H,9,12-15H2,1-5H3,(H,29,30)(H,31,32)/b10-8+,11-6-,17-7+/t18-,19+,20?,21+,22-,23+,26?,27?/m0/s1. The zero-order chi connectivity index (χ0) is 27.0. The number of hydrogen-bond acceptors (Lipinski definition) is 6. The van der Waals surface area contributed by atoms with Gasteiger partial charge in [-0.15, -0.1) is 11.6 Å². The molecule has 0 radical (unpaired) electrons. The molecule has 8 nitrogen and oxygen atoms in total. The number of aliphatic carboxylic acids is 1. The molecule has 0 bridgehead atoms. The van der Waals surface area contributed by atoms with Gasteiger partial charge in [0.15, 0.2) is 0 Å². The summed E-state index contributed by atoms with van der Waals surface area (Å²) < 4.78 is 11.9. The first kappa shape index (κ1) is 30.5. The molecule has 0 aliphatic carbocycles. The van der Waals surface area contributed by atoms with Crippen molar-refractivity contribution in [1.82, 2.24) is 5.32 Å². The molecule has 36 heavy (non-hydrogen) atoms. The van der Waals surface area contributed by atoms with Crippen molar-refractivity contribution >= 4 is 23.5 Å². The van der Waals surface area contributed by atoms with E-state index >= 15 is 0 Å². The van der Waals surface area contributed by atoms with Gasteiger partial charge in [0.25, 0.3) is 0 Å². The maximum atomic E-state index is 12.2. The average Bonchev–Trinajstić information content (AvgIpc) is 2.79. The van der Waals surface area contributed by atoms with Gasteiger partial charge in [0, 0.05) is 6.42 Å². The lowest BCUT2D eigenvalue weighted by Gasteiger charge is -2.43. The lowest BCUT2D eigenvalue weighted by atomic mass is 9.84. The molecule has 0 spiro atoms. The third kappa shape index (κ3) is 8.99. The van der Waals surface area contributed by atoms with Crippen LogP contribution in [-0.2, 0) is 19.1 Å². The van der Waals surface area contributed by atoms with Crippen molar-refractivity contribution in [1.29, 1.82) is 0 Å². The molecule has 1 amide bonds. The van der Waals surface area contributed by atoms with Crippen LogP contribution in [0.4, 0.5) is 0 Å². The van der Waals surface area contributed by atoms with Crippen molar-refractivity contribution < 1.29 is 34.4 Å². The van der Waals surface area contributed by atoms with E-state index in [1.165, 1.54) is 0 Å². The van der Waals surface area contributed by atoms with Gasteiger partial charge in [-0.05, 0) is 44.6 Å². The van der Waals surface area contributed by atoms with Crippen LogP contribution in [0, 0.1) is 11.8 Å². The minimum atomic E-state index is -1.62. The molecule has 2 saturated heterocycles. The third-order valence-corrected chi connectivity index (χ3v) is 7.29. The van der Waals surface area contributed by atoms with Gasteiger partial charge in [0.05, 0.1) is 36.7 Å². The van der Waals surface area contributed by atoms with E-state index in [1.807, 2.05) is 39.8 Å². The summed E-state index contributed by atoms with van der Waals surface area (Å²) in [4.78, 5) is 23.3. The number of halogens is 1. The molecule has 2 heterocycles. The van der Waals surface area contributed by atoms with E-state index in [4.69, 9.17) is 26.2 Å². The molecule has 2 rings (SSSR count). The zero-order valence-corrected chi connectivity index (χ0v) is 22.6. The Kier molecular flexibility index (Phi) is 11.6. The maximum absolute atomic E-state index is 12.2. The number of ether oxygens (including phenoxy) is 2. The topological polar surface area (TPSA) is 125 Å². The van der Waals surface area contributed by atoms with Crippen LogP contribution in [-0.4, -0.2) is 75.2 Å². The Bertz CT molecular complexity index is 842. The Morgan fingerprint density at radius 2 is 1.92 bits per heavy atom. The van der Waals surface area contributed by atoms with E-state index in [1.54, 1.807) is 18.2 Å². The number of allylic oxidation sites excluding steroid dienone is 3. The third-order valence-electron chi connectivity index (χ3n) is 6.82. The Hall–Kier alpha value is -1.71. The second-order valence-electron chi connectivity index (χ2n) is 10.6. The molecule has 0 saturated carbocycles. The van der Waals surface area contributed by atoms with Crippen molar-refractivity contribution in [2.24, 2.45) is 11.8 Å². The number of carboxylic acids is 1. The Labute approximate surface area is 219 Å². The van der Waals surface area contributed by atoms with E-state index < -0.39 is 29.9 Å². The van der Waals surface area contributed by atoms with Gasteiger partial charge in [-0.2, -0.15) is 0 Å². The van der Waals surface area contributed by atoms with Crippen molar-refractivity contribution in [2.45, 2.75) is 102 Å². The van der Waals surface area contributed by atoms with Gasteiger partial charge in [-0.1, -0.05) is 50.6 Å². The van der Waals surface area contributed by atoms with Gasteiger partial charge in [0.1, 0.15) is 17.8 Å². The molecular weight excluding hydrogens is 486 g/mol. The zero-order valence-electron chi connectivity index (χ0n) is 21.9. The second-order valence-corrected chi connectivity index (χ2v) is 10.8. The quantitative estimate of drug-likeness (QED) is 0.195. The highest BCUT2D eigenvalue weighted by atomic mass is 35.5. The highest BCUT2D eigenvalue weighted by Gasteiger charge is 2.47. The number of hydrogen-bond donors (Lipinski definition) is 4. The van der Waals surface area contributed by atoms with Crippen molar-refractivity contribution in [3.05, 3.63) is 36.0 Å². The van der Waals surface area contributed by atoms with Crippen molar-refractivity contribution in [3.8, 4) is 0 Å². The summed E-state index contributed by atoms with van der Waals surface area (Å²) >= 11 is 5.88. The minimum Gasteiger partial charge on any atom is -0.481 e. The summed E-state index contributed by atoms with van der Waals surface area (Å²) in [6.07, 6.45) is 7.06. The summed E-state index contributed by atoms with van der Waals surface area (Å²) in [5.74, 6) is -0.815. The normalized spacial score (nSPS) is 36.0. The molecule has 4 N–H and O–H groups in total. The molecule has 9 heteroatoms. The molecular formula is C27H42ClNO7. The van der Waals surface area contributed by atoms with Gasteiger partial charge in [0.2, 0.25) is 5.91 Å². The first-order valence-electron chi connectivity index (χ1n) is 12.7. The summed E-state index contributed by atoms with van der Waals surface area (Å²) in [5, 5.41) is 33.4. The minimum absolute atomic E-state index is 0.000478. The van der Waals surface area contributed by atoms with Crippen molar-refractivity contribution in [3.63, 3.8) is 0 Å². The summed E-state index contributed by atoms with van der Waals surface area (Å²) in [7, 11) is 0. The number of nitrogens with one attached hydrogen (secondary N) is 1. The van der Waals surface area contributed by atoms with Crippen LogP contribution < -0.4 is 5.32 Å². The fraction of sp³-hybridized carbons (Fsp3) is 0.704. The molecule has 2 fully saturated rings. The van der Waals surface area contributed by atoms with Crippen LogP contribution in [0.25, 0.3) is 0 Å². The number of amides is 1. The Balaban J connectivity index is 1.96. The molecule has 0 aromatic rings. The monoisotopic (exact) mass is 527 g/mol.